The van der Waals surface area contributed by atoms with E-state index in [1.54, 1.807) is 13.8 Å². The van der Waals surface area contributed by atoms with Crippen molar-refractivity contribution in [3.8, 4) is 11.1 Å². The largest absolute Gasteiger partial charge is 0.548 e. The molecule has 0 spiro atoms. The van der Waals surface area contributed by atoms with Gasteiger partial charge in [0.25, 0.3) is 0 Å². The van der Waals surface area contributed by atoms with Crippen molar-refractivity contribution in [2.24, 2.45) is 5.92 Å². The molecule has 0 bridgehead atoms. The van der Waals surface area contributed by atoms with Crippen molar-refractivity contribution in [1.82, 2.24) is 5.32 Å². The van der Waals surface area contributed by atoms with Gasteiger partial charge in [0.05, 0.1) is 12.0 Å². The molecule has 2 aromatic carbocycles. The van der Waals surface area contributed by atoms with Gasteiger partial charge >= 0.3 is 6.09 Å². The molecule has 0 radical (unpaired) electrons. The number of amides is 1. The number of rotatable bonds is 5. The molecule has 0 unspecified atom stereocenters. The van der Waals surface area contributed by atoms with E-state index in [1.807, 2.05) is 36.4 Å². The van der Waals surface area contributed by atoms with Gasteiger partial charge in [0.1, 0.15) is 6.61 Å². The van der Waals surface area contributed by atoms with Crippen LogP contribution in [0.1, 0.15) is 30.9 Å². The Morgan fingerprint density at radius 2 is 1.56 bits per heavy atom. The highest BCUT2D eigenvalue weighted by molar-refractivity contribution is 5.80. The summed E-state index contributed by atoms with van der Waals surface area (Å²) in [5.41, 5.74) is 4.50. The van der Waals surface area contributed by atoms with E-state index in [1.165, 1.54) is 0 Å². The maximum absolute atomic E-state index is 12.0. The van der Waals surface area contributed by atoms with Gasteiger partial charge in [0.2, 0.25) is 0 Å². The fraction of sp³-hybridized carbons (Fsp3) is 0.300. The Bertz CT molecular complexity index is 754. The second-order valence-corrected chi connectivity index (χ2v) is 6.51. The van der Waals surface area contributed by atoms with E-state index >= 15 is 0 Å². The number of carbonyl (C=O) groups is 2. The molecular formula is C20H20NO4-. The summed E-state index contributed by atoms with van der Waals surface area (Å²) in [7, 11) is 0. The Morgan fingerprint density at radius 3 is 2.04 bits per heavy atom. The lowest BCUT2D eigenvalue weighted by Crippen LogP contribution is -2.51. The summed E-state index contributed by atoms with van der Waals surface area (Å²) in [5, 5.41) is 13.4. The molecule has 1 aliphatic carbocycles. The highest BCUT2D eigenvalue weighted by Crippen LogP contribution is 2.44. The molecule has 0 aliphatic heterocycles. The van der Waals surface area contributed by atoms with Crippen LogP contribution in [-0.2, 0) is 9.53 Å². The zero-order chi connectivity index (χ0) is 18.0. The second kappa shape index (κ2) is 6.97. The van der Waals surface area contributed by atoms with Gasteiger partial charge in [-0.15, -0.1) is 0 Å². The summed E-state index contributed by atoms with van der Waals surface area (Å²) < 4.78 is 5.33. The van der Waals surface area contributed by atoms with E-state index in [0.29, 0.717) is 0 Å². The zero-order valence-corrected chi connectivity index (χ0v) is 14.2. The fourth-order valence-electron chi connectivity index (χ4n) is 3.26. The van der Waals surface area contributed by atoms with Crippen molar-refractivity contribution in [1.29, 1.82) is 0 Å². The standard InChI is InChI=1S/C20H21NO4/c1-12(2)18(19(22)23)21-20(24)25-11-17-15-9-5-3-7-13(15)14-8-4-6-10-16(14)17/h3-10,12,17-18H,11H2,1-2H3,(H,21,24)(H,22,23)/p-1/t18-/m0/s1. The van der Waals surface area contributed by atoms with Gasteiger partial charge < -0.3 is 20.0 Å². The zero-order valence-electron chi connectivity index (χ0n) is 14.2. The molecular weight excluding hydrogens is 318 g/mol. The fourth-order valence-corrected chi connectivity index (χ4v) is 3.26. The number of ether oxygens (including phenoxy) is 1. The lowest BCUT2D eigenvalue weighted by atomic mass is 9.98. The van der Waals surface area contributed by atoms with Crippen LogP contribution in [0, 0.1) is 5.92 Å². The minimum Gasteiger partial charge on any atom is -0.548 e. The third kappa shape index (κ3) is 3.36. The molecule has 0 fully saturated rings. The number of hydrogen-bond donors (Lipinski definition) is 1. The van der Waals surface area contributed by atoms with Gasteiger partial charge in [-0.3, -0.25) is 0 Å². The first kappa shape index (κ1) is 17.0. The number of hydrogen-bond acceptors (Lipinski definition) is 4. The molecule has 25 heavy (non-hydrogen) atoms. The predicted octanol–water partition coefficient (Wildman–Crippen LogP) is 2.30. The summed E-state index contributed by atoms with van der Waals surface area (Å²) in [4.78, 5) is 23.1. The van der Waals surface area contributed by atoms with Crippen molar-refractivity contribution < 1.29 is 19.4 Å². The third-order valence-corrected chi connectivity index (χ3v) is 4.54. The van der Waals surface area contributed by atoms with E-state index in [4.69, 9.17) is 4.74 Å². The van der Waals surface area contributed by atoms with Crippen LogP contribution in [0.2, 0.25) is 0 Å². The summed E-state index contributed by atoms with van der Waals surface area (Å²) >= 11 is 0. The Hall–Kier alpha value is -2.82. The molecule has 1 N–H and O–H groups in total. The predicted molar refractivity (Wildman–Crippen MR) is 91.8 cm³/mol. The number of alkyl carbamates (subject to hydrolysis) is 1. The normalized spacial score (nSPS) is 13.9. The van der Waals surface area contributed by atoms with Gasteiger partial charge in [-0.1, -0.05) is 62.4 Å². The Balaban J connectivity index is 1.73. The smallest absolute Gasteiger partial charge is 0.407 e. The molecule has 0 heterocycles. The minimum atomic E-state index is -1.32. The van der Waals surface area contributed by atoms with E-state index in [9.17, 15) is 14.7 Å². The van der Waals surface area contributed by atoms with Gasteiger partial charge in [-0.25, -0.2) is 4.79 Å². The number of benzene rings is 2. The number of carbonyl (C=O) groups excluding carboxylic acids is 2. The number of fused-ring (bicyclic) bond motifs is 3. The Kier molecular flexibility index (Phi) is 4.74. The minimum absolute atomic E-state index is 0.0568. The first-order valence-corrected chi connectivity index (χ1v) is 8.31. The molecule has 1 amide bonds. The number of carboxylic acids is 1. The summed E-state index contributed by atoms with van der Waals surface area (Å²) in [6, 6.07) is 15.0. The van der Waals surface area contributed by atoms with E-state index in [-0.39, 0.29) is 18.4 Å². The van der Waals surface area contributed by atoms with Crippen LogP contribution in [0.4, 0.5) is 4.79 Å². The van der Waals surface area contributed by atoms with Crippen LogP contribution in [0.5, 0.6) is 0 Å². The maximum atomic E-state index is 12.0. The lowest BCUT2D eigenvalue weighted by molar-refractivity contribution is -0.309. The van der Waals surface area contributed by atoms with Gasteiger partial charge in [0, 0.05) is 5.92 Å². The summed E-state index contributed by atoms with van der Waals surface area (Å²) in [6.45, 7) is 3.55. The van der Waals surface area contributed by atoms with Gasteiger partial charge in [0.15, 0.2) is 0 Å². The van der Waals surface area contributed by atoms with E-state index in [0.717, 1.165) is 22.3 Å². The quantitative estimate of drug-likeness (QED) is 0.907. The molecule has 130 valence electrons. The average Bonchev–Trinajstić information content (AvgIpc) is 2.91. The van der Waals surface area contributed by atoms with Gasteiger partial charge in [-0.2, -0.15) is 0 Å². The molecule has 0 saturated heterocycles. The summed E-state index contributed by atoms with van der Waals surface area (Å²) in [5.74, 6) is -1.66. The van der Waals surface area contributed by atoms with E-state index < -0.39 is 18.1 Å². The molecule has 1 aliphatic rings. The van der Waals surface area contributed by atoms with Crippen LogP contribution < -0.4 is 10.4 Å². The van der Waals surface area contributed by atoms with Crippen LogP contribution in [0.25, 0.3) is 11.1 Å². The van der Waals surface area contributed by atoms with Crippen LogP contribution in [-0.4, -0.2) is 24.7 Å². The maximum Gasteiger partial charge on any atom is 0.407 e. The lowest BCUT2D eigenvalue weighted by Gasteiger charge is -2.23. The van der Waals surface area contributed by atoms with Crippen molar-refractivity contribution in [2.45, 2.75) is 25.8 Å². The second-order valence-electron chi connectivity index (χ2n) is 6.51. The first-order valence-electron chi connectivity index (χ1n) is 8.31. The SMILES string of the molecule is CC(C)[C@H](NC(=O)OCC1c2ccccc2-c2ccccc21)C(=O)[O-]. The topological polar surface area (TPSA) is 78.5 Å². The highest BCUT2D eigenvalue weighted by atomic mass is 16.5. The Labute approximate surface area is 146 Å². The van der Waals surface area contributed by atoms with Gasteiger partial charge in [-0.05, 0) is 28.2 Å². The molecule has 0 saturated carbocycles. The first-order chi connectivity index (χ1) is 12.0. The molecule has 5 heteroatoms. The summed E-state index contributed by atoms with van der Waals surface area (Å²) in [6.07, 6.45) is -0.746. The Morgan fingerprint density at radius 1 is 1.04 bits per heavy atom. The van der Waals surface area contributed by atoms with Crippen LogP contribution >= 0.6 is 0 Å². The number of nitrogens with one attached hydrogen (secondary N) is 1. The van der Waals surface area contributed by atoms with Crippen molar-refractivity contribution in [2.75, 3.05) is 6.61 Å². The average molecular weight is 338 g/mol. The molecule has 1 atom stereocenters. The van der Waals surface area contributed by atoms with Crippen LogP contribution in [0.3, 0.4) is 0 Å². The highest BCUT2D eigenvalue weighted by Gasteiger charge is 2.29. The molecule has 0 aromatic heterocycles. The third-order valence-electron chi connectivity index (χ3n) is 4.54. The molecule has 3 rings (SSSR count). The number of carboxylic acid groups (broad SMARTS) is 1. The number of aliphatic carboxylic acids is 1. The van der Waals surface area contributed by atoms with Crippen molar-refractivity contribution in [3.63, 3.8) is 0 Å². The monoisotopic (exact) mass is 338 g/mol. The van der Waals surface area contributed by atoms with Crippen molar-refractivity contribution in [3.05, 3.63) is 59.7 Å². The molecule has 2 aromatic rings. The van der Waals surface area contributed by atoms with Crippen LogP contribution in [0.15, 0.2) is 48.5 Å². The van der Waals surface area contributed by atoms with Crippen molar-refractivity contribution >= 4 is 12.1 Å². The molecule has 5 nitrogen and oxygen atoms in total. The van der Waals surface area contributed by atoms with E-state index in [2.05, 4.69) is 17.4 Å².